The minimum absolute atomic E-state index is 0.279. The average Bonchev–Trinajstić information content (AvgIpc) is 3.13. The standard InChI is InChI=1S/C17H21NO2/c1-4-14(19)20-17(2)8-10-6-12(17)16-9-5-11(15(10)16)13(7-9)18-3/h4,9-13,15-16H,1,5-8H2,2H3. The van der Waals surface area contributed by atoms with Gasteiger partial charge in [0, 0.05) is 24.3 Å². The van der Waals surface area contributed by atoms with E-state index in [-0.39, 0.29) is 17.6 Å². The van der Waals surface area contributed by atoms with Crippen molar-refractivity contribution in [3.8, 4) is 0 Å². The van der Waals surface area contributed by atoms with E-state index >= 15 is 0 Å². The molecule has 0 radical (unpaired) electrons. The predicted molar refractivity (Wildman–Crippen MR) is 74.5 cm³/mol. The number of rotatable bonds is 2. The highest BCUT2D eigenvalue weighted by Crippen LogP contribution is 2.70. The van der Waals surface area contributed by atoms with Gasteiger partial charge in [0.05, 0.1) is 0 Å². The quantitative estimate of drug-likeness (QED) is 0.334. The maximum atomic E-state index is 11.6. The third-order valence-electron chi connectivity index (χ3n) is 6.78. The third kappa shape index (κ3) is 1.38. The molecule has 0 aliphatic heterocycles. The molecule has 106 valence electrons. The van der Waals surface area contributed by atoms with Gasteiger partial charge in [-0.05, 0) is 49.9 Å². The van der Waals surface area contributed by atoms with Crippen LogP contribution in [-0.2, 0) is 9.53 Å². The molecule has 0 N–H and O–H groups in total. The summed E-state index contributed by atoms with van der Waals surface area (Å²) >= 11 is 0. The second kappa shape index (κ2) is 3.87. The number of hydrogen-bond donors (Lipinski definition) is 0. The van der Waals surface area contributed by atoms with Crippen LogP contribution in [0.3, 0.4) is 0 Å². The van der Waals surface area contributed by atoms with Crippen molar-refractivity contribution in [2.24, 2.45) is 35.5 Å². The monoisotopic (exact) mass is 271 g/mol. The molecule has 8 unspecified atom stereocenters. The Morgan fingerprint density at radius 2 is 2.15 bits per heavy atom. The van der Waals surface area contributed by atoms with Gasteiger partial charge in [0.25, 0.3) is 0 Å². The van der Waals surface area contributed by atoms with Crippen LogP contribution in [0.15, 0.2) is 12.7 Å². The van der Waals surface area contributed by atoms with Crippen LogP contribution in [0.4, 0.5) is 0 Å². The first-order chi connectivity index (χ1) is 9.57. The Balaban J connectivity index is 1.60. The lowest BCUT2D eigenvalue weighted by atomic mass is 9.65. The van der Waals surface area contributed by atoms with Crippen molar-refractivity contribution in [2.75, 3.05) is 0 Å². The van der Waals surface area contributed by atoms with Gasteiger partial charge in [-0.1, -0.05) is 6.58 Å². The zero-order valence-electron chi connectivity index (χ0n) is 11.9. The molecule has 3 heteroatoms. The lowest BCUT2D eigenvalue weighted by Gasteiger charge is -2.43. The molecule has 0 aromatic carbocycles. The van der Waals surface area contributed by atoms with E-state index in [9.17, 15) is 4.79 Å². The molecule has 4 aliphatic rings. The van der Waals surface area contributed by atoms with Crippen LogP contribution in [0.5, 0.6) is 0 Å². The number of esters is 1. The maximum absolute atomic E-state index is 11.6. The number of carbonyl (C=O) groups is 1. The first-order valence-electron chi connectivity index (χ1n) is 7.79. The minimum Gasteiger partial charge on any atom is -0.456 e. The molecule has 0 spiro atoms. The van der Waals surface area contributed by atoms with Crippen molar-refractivity contribution >= 4 is 5.97 Å². The summed E-state index contributed by atoms with van der Waals surface area (Å²) in [6.45, 7) is 13.0. The Labute approximate surface area is 120 Å². The lowest BCUT2D eigenvalue weighted by Crippen LogP contribution is -2.46. The number of hydrogen-bond acceptors (Lipinski definition) is 2. The van der Waals surface area contributed by atoms with Crippen molar-refractivity contribution in [2.45, 2.75) is 44.2 Å². The van der Waals surface area contributed by atoms with Gasteiger partial charge in [-0.15, -0.1) is 0 Å². The van der Waals surface area contributed by atoms with Crippen molar-refractivity contribution in [3.63, 3.8) is 0 Å². The van der Waals surface area contributed by atoms with Gasteiger partial charge in [0.15, 0.2) is 0 Å². The van der Waals surface area contributed by atoms with Gasteiger partial charge in [0.1, 0.15) is 5.60 Å². The molecule has 0 aromatic heterocycles. The highest BCUT2D eigenvalue weighted by Gasteiger charge is 2.70. The van der Waals surface area contributed by atoms with Crippen LogP contribution >= 0.6 is 0 Å². The van der Waals surface area contributed by atoms with Crippen molar-refractivity contribution in [3.05, 3.63) is 24.1 Å². The second-order valence-electron chi connectivity index (χ2n) is 7.49. The first kappa shape index (κ1) is 12.4. The van der Waals surface area contributed by atoms with E-state index in [1.807, 2.05) is 0 Å². The second-order valence-corrected chi connectivity index (χ2v) is 7.49. The Bertz CT molecular complexity index is 522. The summed E-state index contributed by atoms with van der Waals surface area (Å²) in [5.41, 5.74) is -0.283. The zero-order chi connectivity index (χ0) is 14.1. The highest BCUT2D eigenvalue weighted by molar-refractivity contribution is 5.81. The van der Waals surface area contributed by atoms with Crippen LogP contribution in [0.25, 0.3) is 4.85 Å². The Morgan fingerprint density at radius 3 is 2.85 bits per heavy atom. The van der Waals surface area contributed by atoms with E-state index in [4.69, 9.17) is 11.3 Å². The molecule has 0 aromatic rings. The molecule has 3 nitrogen and oxygen atoms in total. The topological polar surface area (TPSA) is 30.7 Å². The molecule has 4 rings (SSSR count). The van der Waals surface area contributed by atoms with Crippen LogP contribution in [0.2, 0.25) is 0 Å². The molecule has 0 heterocycles. The summed E-state index contributed by atoms with van der Waals surface area (Å²) in [5, 5.41) is 0. The fourth-order valence-electron chi connectivity index (χ4n) is 6.40. The summed E-state index contributed by atoms with van der Waals surface area (Å²) in [7, 11) is 0. The molecule has 0 amide bonds. The van der Waals surface area contributed by atoms with Gasteiger partial charge < -0.3 is 9.58 Å². The first-order valence-corrected chi connectivity index (χ1v) is 7.79. The molecular weight excluding hydrogens is 250 g/mol. The summed E-state index contributed by atoms with van der Waals surface area (Å²) in [4.78, 5) is 15.5. The minimum atomic E-state index is -0.283. The largest absolute Gasteiger partial charge is 0.456 e. The summed E-state index contributed by atoms with van der Waals surface area (Å²) in [5.74, 6) is 3.71. The Morgan fingerprint density at radius 1 is 1.35 bits per heavy atom. The summed E-state index contributed by atoms with van der Waals surface area (Å²) in [6.07, 6.45) is 5.82. The molecule has 4 bridgehead atoms. The predicted octanol–water partition coefficient (Wildman–Crippen LogP) is 3.07. The van der Waals surface area contributed by atoms with Gasteiger partial charge in [-0.25, -0.2) is 11.4 Å². The lowest BCUT2D eigenvalue weighted by molar-refractivity contribution is -0.162. The fraction of sp³-hybridized carbons (Fsp3) is 0.765. The number of fused-ring (bicyclic) bond motifs is 9. The third-order valence-corrected chi connectivity index (χ3v) is 6.78. The van der Waals surface area contributed by atoms with Crippen molar-refractivity contribution in [1.29, 1.82) is 0 Å². The van der Waals surface area contributed by atoms with E-state index in [2.05, 4.69) is 18.3 Å². The zero-order valence-corrected chi connectivity index (χ0v) is 11.9. The van der Waals surface area contributed by atoms with Crippen LogP contribution in [-0.4, -0.2) is 17.6 Å². The van der Waals surface area contributed by atoms with E-state index in [1.54, 1.807) is 0 Å². The Kier molecular flexibility index (Phi) is 2.41. The van der Waals surface area contributed by atoms with Crippen molar-refractivity contribution in [1.82, 2.24) is 0 Å². The molecule has 4 aliphatic carbocycles. The van der Waals surface area contributed by atoms with E-state index < -0.39 is 0 Å². The van der Waals surface area contributed by atoms with Gasteiger partial charge >= 0.3 is 5.97 Å². The van der Waals surface area contributed by atoms with Crippen molar-refractivity contribution < 1.29 is 9.53 Å². The number of carbonyl (C=O) groups excluding carboxylic acids is 1. The Hall–Kier alpha value is -1.30. The van der Waals surface area contributed by atoms with Gasteiger partial charge in [-0.3, -0.25) is 0 Å². The van der Waals surface area contributed by atoms with Crippen LogP contribution in [0.1, 0.15) is 32.6 Å². The molecule has 8 atom stereocenters. The fourth-order valence-corrected chi connectivity index (χ4v) is 6.40. The molecular formula is C17H21NO2. The molecule has 20 heavy (non-hydrogen) atoms. The van der Waals surface area contributed by atoms with Gasteiger partial charge in [0.2, 0.25) is 6.04 Å². The maximum Gasteiger partial charge on any atom is 0.330 e. The van der Waals surface area contributed by atoms with Gasteiger partial charge in [-0.2, -0.15) is 0 Å². The van der Waals surface area contributed by atoms with E-state index in [1.165, 1.54) is 18.9 Å². The molecule has 0 saturated heterocycles. The van der Waals surface area contributed by atoms with Crippen LogP contribution < -0.4 is 0 Å². The summed E-state index contributed by atoms with van der Waals surface area (Å²) < 4.78 is 5.73. The number of ether oxygens (including phenoxy) is 1. The number of nitrogens with zero attached hydrogens (tertiary/aromatic N) is 1. The molecule has 4 saturated carbocycles. The average molecular weight is 271 g/mol. The van der Waals surface area contributed by atoms with E-state index in [0.29, 0.717) is 29.6 Å². The SMILES string of the molecule is [C-]#[N+]C1CC2CC1C1C3CC(C21)C(C)(OC(=O)C=C)C3. The smallest absolute Gasteiger partial charge is 0.330 e. The highest BCUT2D eigenvalue weighted by atomic mass is 16.6. The van der Waals surface area contributed by atoms with Crippen LogP contribution in [0, 0.1) is 42.1 Å². The van der Waals surface area contributed by atoms with E-state index in [0.717, 1.165) is 18.8 Å². The normalized spacial score (nSPS) is 54.5. The summed E-state index contributed by atoms with van der Waals surface area (Å²) in [6, 6.07) is 0.280. The molecule has 4 fully saturated rings.